The van der Waals surface area contributed by atoms with Crippen LogP contribution < -0.4 is 0 Å². The van der Waals surface area contributed by atoms with E-state index in [0.29, 0.717) is 40.4 Å². The largest absolute Gasteiger partial charge is 0.339 e. The molecule has 2 aromatic carbocycles. The second kappa shape index (κ2) is 6.50. The first-order valence-corrected chi connectivity index (χ1v) is 8.51. The van der Waals surface area contributed by atoms with E-state index in [0.717, 1.165) is 5.56 Å². The second-order valence-electron chi connectivity index (χ2n) is 5.85. The molecule has 1 saturated heterocycles. The first-order chi connectivity index (χ1) is 12.1. The van der Waals surface area contributed by atoms with Crippen LogP contribution in [0.5, 0.6) is 0 Å². The minimum atomic E-state index is -0.147. The van der Waals surface area contributed by atoms with Gasteiger partial charge in [-0.15, -0.1) is 0 Å². The van der Waals surface area contributed by atoms with Crippen molar-refractivity contribution in [2.75, 3.05) is 13.1 Å². The molecule has 0 saturated carbocycles. The van der Waals surface area contributed by atoms with Gasteiger partial charge in [0.05, 0.1) is 16.5 Å². The van der Waals surface area contributed by atoms with Crippen LogP contribution in [0, 0.1) is 0 Å². The molecule has 1 fully saturated rings. The first-order valence-electron chi connectivity index (χ1n) is 7.75. The highest BCUT2D eigenvalue weighted by Crippen LogP contribution is 2.30. The number of carbonyl (C=O) groups is 1. The van der Waals surface area contributed by atoms with Gasteiger partial charge in [0.25, 0.3) is 5.91 Å². The fourth-order valence-corrected chi connectivity index (χ4v) is 3.11. The molecular formula is C18H13Cl2N3O2. The quantitative estimate of drug-likeness (QED) is 0.687. The molecule has 1 aromatic heterocycles. The maximum atomic E-state index is 12.5. The molecule has 0 bridgehead atoms. The van der Waals surface area contributed by atoms with Crippen LogP contribution in [-0.2, 0) is 0 Å². The van der Waals surface area contributed by atoms with Gasteiger partial charge in [-0.2, -0.15) is 4.98 Å². The summed E-state index contributed by atoms with van der Waals surface area (Å²) in [6, 6.07) is 14.5. The van der Waals surface area contributed by atoms with E-state index < -0.39 is 0 Å². The number of rotatable bonds is 3. The molecule has 3 aromatic rings. The molecule has 0 spiro atoms. The Morgan fingerprint density at radius 1 is 1.12 bits per heavy atom. The molecule has 0 radical (unpaired) electrons. The molecule has 0 aliphatic carbocycles. The maximum Gasteiger partial charge on any atom is 0.255 e. The van der Waals surface area contributed by atoms with Crippen molar-refractivity contribution in [3.05, 3.63) is 70.0 Å². The number of hydrogen-bond acceptors (Lipinski definition) is 4. The summed E-state index contributed by atoms with van der Waals surface area (Å²) in [6.07, 6.45) is 0. The zero-order chi connectivity index (χ0) is 17.4. The van der Waals surface area contributed by atoms with Crippen molar-refractivity contribution in [1.29, 1.82) is 0 Å². The number of hydrogen-bond donors (Lipinski definition) is 0. The Bertz CT molecular complexity index is 921. The van der Waals surface area contributed by atoms with Crippen LogP contribution in [0.1, 0.15) is 22.2 Å². The average molecular weight is 374 g/mol. The lowest BCUT2D eigenvalue weighted by Gasteiger charge is -2.37. The van der Waals surface area contributed by atoms with Crippen molar-refractivity contribution in [1.82, 2.24) is 15.0 Å². The number of benzene rings is 2. The fourth-order valence-electron chi connectivity index (χ4n) is 2.74. The van der Waals surface area contributed by atoms with Gasteiger partial charge in [0.1, 0.15) is 0 Å². The molecule has 126 valence electrons. The minimum absolute atomic E-state index is 0.0341. The highest BCUT2D eigenvalue weighted by Gasteiger charge is 2.36. The summed E-state index contributed by atoms with van der Waals surface area (Å²) < 4.78 is 5.35. The molecule has 7 heteroatoms. The van der Waals surface area contributed by atoms with Crippen molar-refractivity contribution in [2.24, 2.45) is 0 Å². The van der Waals surface area contributed by atoms with Gasteiger partial charge < -0.3 is 9.42 Å². The van der Waals surface area contributed by atoms with E-state index >= 15 is 0 Å². The van der Waals surface area contributed by atoms with E-state index in [-0.39, 0.29) is 11.8 Å². The molecule has 1 amide bonds. The Kier molecular flexibility index (Phi) is 4.19. The predicted octanol–water partition coefficient (Wildman–Crippen LogP) is 4.28. The summed E-state index contributed by atoms with van der Waals surface area (Å²) in [5.74, 6) is 0.983. The molecule has 1 aliphatic rings. The normalized spacial score (nSPS) is 14.4. The average Bonchev–Trinajstić information content (AvgIpc) is 3.06. The number of amides is 1. The second-order valence-corrected chi connectivity index (χ2v) is 6.70. The summed E-state index contributed by atoms with van der Waals surface area (Å²) in [5, 5.41) is 4.89. The van der Waals surface area contributed by atoms with E-state index in [2.05, 4.69) is 10.1 Å². The van der Waals surface area contributed by atoms with Gasteiger partial charge in [-0.05, 0) is 18.2 Å². The summed E-state index contributed by atoms with van der Waals surface area (Å²) in [7, 11) is 0. The Labute approximate surface area is 154 Å². The Morgan fingerprint density at radius 3 is 2.64 bits per heavy atom. The van der Waals surface area contributed by atoms with Gasteiger partial charge in [-0.3, -0.25) is 4.79 Å². The van der Waals surface area contributed by atoms with Gasteiger partial charge in [0, 0.05) is 23.7 Å². The van der Waals surface area contributed by atoms with Gasteiger partial charge in [-0.1, -0.05) is 58.7 Å². The van der Waals surface area contributed by atoms with Crippen LogP contribution in [0.15, 0.2) is 53.1 Å². The van der Waals surface area contributed by atoms with Gasteiger partial charge in [0.2, 0.25) is 11.7 Å². The van der Waals surface area contributed by atoms with Crippen LogP contribution in [0.25, 0.3) is 11.4 Å². The van der Waals surface area contributed by atoms with Gasteiger partial charge >= 0.3 is 0 Å². The monoisotopic (exact) mass is 373 g/mol. The number of halogens is 2. The molecule has 4 rings (SSSR count). The Hall–Kier alpha value is -2.37. The van der Waals surface area contributed by atoms with Crippen molar-refractivity contribution >= 4 is 29.1 Å². The van der Waals surface area contributed by atoms with Crippen molar-refractivity contribution in [3.63, 3.8) is 0 Å². The zero-order valence-corrected chi connectivity index (χ0v) is 14.5. The van der Waals surface area contributed by atoms with Gasteiger partial charge in [0.15, 0.2) is 0 Å². The van der Waals surface area contributed by atoms with Crippen LogP contribution in [0.4, 0.5) is 0 Å². The topological polar surface area (TPSA) is 59.2 Å². The first kappa shape index (κ1) is 16.1. The predicted molar refractivity (Wildman–Crippen MR) is 94.8 cm³/mol. The summed E-state index contributed by atoms with van der Waals surface area (Å²) >= 11 is 12.0. The van der Waals surface area contributed by atoms with Crippen molar-refractivity contribution in [3.8, 4) is 11.4 Å². The molecule has 1 aliphatic heterocycles. The van der Waals surface area contributed by atoms with Crippen LogP contribution in [0.3, 0.4) is 0 Å². The van der Waals surface area contributed by atoms with Crippen LogP contribution in [-0.4, -0.2) is 34.0 Å². The third-order valence-electron chi connectivity index (χ3n) is 4.15. The molecule has 0 N–H and O–H groups in total. The summed E-state index contributed by atoms with van der Waals surface area (Å²) in [5.41, 5.74) is 1.30. The van der Waals surface area contributed by atoms with Gasteiger partial charge in [-0.25, -0.2) is 0 Å². The maximum absolute atomic E-state index is 12.5. The SMILES string of the molecule is O=C(c1cc(Cl)ccc1Cl)N1CC(c2nc(-c3ccccc3)no2)C1. The third kappa shape index (κ3) is 3.13. The highest BCUT2D eigenvalue weighted by atomic mass is 35.5. The van der Waals surface area contributed by atoms with E-state index in [4.69, 9.17) is 27.7 Å². The number of carbonyl (C=O) groups excluding carboxylic acids is 1. The summed E-state index contributed by atoms with van der Waals surface area (Å²) in [6.45, 7) is 1.02. The smallest absolute Gasteiger partial charge is 0.255 e. The molecule has 0 unspecified atom stereocenters. The fraction of sp³-hybridized carbons (Fsp3) is 0.167. The lowest BCUT2D eigenvalue weighted by molar-refractivity contribution is 0.0569. The van der Waals surface area contributed by atoms with E-state index in [1.54, 1.807) is 23.1 Å². The summed E-state index contributed by atoms with van der Waals surface area (Å²) in [4.78, 5) is 18.6. The lowest BCUT2D eigenvalue weighted by atomic mass is 9.98. The number of likely N-dealkylation sites (tertiary alicyclic amines) is 1. The van der Waals surface area contributed by atoms with Crippen molar-refractivity contribution in [2.45, 2.75) is 5.92 Å². The Balaban J connectivity index is 1.45. The molecule has 2 heterocycles. The lowest BCUT2D eigenvalue weighted by Crippen LogP contribution is -2.48. The molecule has 5 nitrogen and oxygen atoms in total. The molecule has 0 atom stereocenters. The van der Waals surface area contributed by atoms with Crippen LogP contribution in [0.2, 0.25) is 10.0 Å². The zero-order valence-electron chi connectivity index (χ0n) is 13.0. The Morgan fingerprint density at radius 2 is 1.88 bits per heavy atom. The third-order valence-corrected chi connectivity index (χ3v) is 4.72. The standard InChI is InChI=1S/C18H13Cl2N3O2/c19-13-6-7-15(20)14(8-13)18(24)23-9-12(10-23)17-21-16(22-25-17)11-4-2-1-3-5-11/h1-8,12H,9-10H2. The van der Waals surface area contributed by atoms with E-state index in [1.165, 1.54) is 0 Å². The highest BCUT2D eigenvalue weighted by molar-refractivity contribution is 6.35. The molecule has 25 heavy (non-hydrogen) atoms. The van der Waals surface area contributed by atoms with E-state index in [1.807, 2.05) is 30.3 Å². The minimum Gasteiger partial charge on any atom is -0.339 e. The van der Waals surface area contributed by atoms with Crippen molar-refractivity contribution < 1.29 is 9.32 Å². The number of nitrogens with zero attached hydrogens (tertiary/aromatic N) is 3. The van der Waals surface area contributed by atoms with Crippen LogP contribution >= 0.6 is 23.2 Å². The number of aromatic nitrogens is 2. The van der Waals surface area contributed by atoms with E-state index in [9.17, 15) is 4.79 Å². The molecular weight excluding hydrogens is 361 g/mol.